The number of esters is 1. The van der Waals surface area contributed by atoms with Gasteiger partial charge in [-0.15, -0.1) is 0 Å². The number of Topliss-reactive ketones (excluding diaryl/α,β-unsaturated/α-hetero) is 1. The third kappa shape index (κ3) is 4.68. The maximum Gasteiger partial charge on any atom is 0.344 e. The third-order valence-electron chi connectivity index (χ3n) is 4.75. The van der Waals surface area contributed by atoms with E-state index in [-0.39, 0.29) is 19.0 Å². The lowest BCUT2D eigenvalue weighted by molar-refractivity contribution is -0.147. The van der Waals surface area contributed by atoms with Crippen LogP contribution in [0.25, 0.3) is 11.0 Å². The zero-order chi connectivity index (χ0) is 21.8. The van der Waals surface area contributed by atoms with Gasteiger partial charge < -0.3 is 18.6 Å². The minimum atomic E-state index is -0.613. The molecule has 0 saturated heterocycles. The summed E-state index contributed by atoms with van der Waals surface area (Å²) in [5.41, 5.74) is 3.00. The molecule has 0 N–H and O–H groups in total. The van der Waals surface area contributed by atoms with Gasteiger partial charge in [0.2, 0.25) is 0 Å². The van der Waals surface area contributed by atoms with Crippen molar-refractivity contribution in [3.05, 3.63) is 69.1 Å². The topological polar surface area (TPSA) is 92.0 Å². The number of methoxy groups -OCH3 is 1. The van der Waals surface area contributed by atoms with E-state index in [1.54, 1.807) is 24.3 Å². The fourth-order valence-corrected chi connectivity index (χ4v) is 2.94. The Hall–Kier alpha value is -3.61. The van der Waals surface area contributed by atoms with Gasteiger partial charge in [0.15, 0.2) is 23.9 Å². The molecule has 1 aromatic heterocycles. The van der Waals surface area contributed by atoms with E-state index in [0.717, 1.165) is 11.1 Å². The second kappa shape index (κ2) is 8.82. The lowest BCUT2D eigenvalue weighted by Crippen LogP contribution is -2.16. The standard InChI is InChI=1S/C23H22O7/c1-13-7-18-17(10-22(25)30-20(18)8-14(13)2)11-29-23(26)12-28-19-6-5-16(15(3)24)9-21(19)27-4/h5-10H,11-12H2,1-4H3. The number of ketones is 1. The number of benzene rings is 2. The maximum absolute atomic E-state index is 12.2. The van der Waals surface area contributed by atoms with Crippen LogP contribution in [0.2, 0.25) is 0 Å². The Bertz CT molecular complexity index is 1170. The second-order valence-corrected chi connectivity index (χ2v) is 6.89. The normalized spacial score (nSPS) is 10.7. The summed E-state index contributed by atoms with van der Waals surface area (Å²) in [4.78, 5) is 35.5. The van der Waals surface area contributed by atoms with Gasteiger partial charge in [0.1, 0.15) is 12.2 Å². The zero-order valence-corrected chi connectivity index (χ0v) is 17.2. The molecule has 0 spiro atoms. The minimum absolute atomic E-state index is 0.0901. The van der Waals surface area contributed by atoms with Crippen LogP contribution in [-0.2, 0) is 16.1 Å². The number of rotatable bonds is 7. The molecule has 1 heterocycles. The van der Waals surface area contributed by atoms with Crippen molar-refractivity contribution in [3.63, 3.8) is 0 Å². The van der Waals surface area contributed by atoms with Crippen LogP contribution >= 0.6 is 0 Å². The first kappa shape index (κ1) is 21.1. The maximum atomic E-state index is 12.2. The lowest BCUT2D eigenvalue weighted by Gasteiger charge is -2.12. The summed E-state index contributed by atoms with van der Waals surface area (Å²) in [7, 11) is 1.44. The number of carbonyl (C=O) groups excluding carboxylic acids is 2. The number of ether oxygens (including phenoxy) is 3. The van der Waals surface area contributed by atoms with Gasteiger partial charge >= 0.3 is 11.6 Å². The van der Waals surface area contributed by atoms with E-state index in [9.17, 15) is 14.4 Å². The van der Waals surface area contributed by atoms with Crippen LogP contribution in [0, 0.1) is 13.8 Å². The highest BCUT2D eigenvalue weighted by Crippen LogP contribution is 2.28. The van der Waals surface area contributed by atoms with Gasteiger partial charge in [0.05, 0.1) is 7.11 Å². The molecular formula is C23H22O7. The van der Waals surface area contributed by atoms with Crippen LogP contribution in [-0.4, -0.2) is 25.5 Å². The van der Waals surface area contributed by atoms with Crippen molar-refractivity contribution < 1.29 is 28.2 Å². The molecular weight excluding hydrogens is 388 g/mol. The highest BCUT2D eigenvalue weighted by Gasteiger charge is 2.13. The average molecular weight is 410 g/mol. The van der Waals surface area contributed by atoms with E-state index in [1.807, 2.05) is 19.9 Å². The molecule has 0 saturated carbocycles. The van der Waals surface area contributed by atoms with Crippen LogP contribution in [0.15, 0.2) is 45.6 Å². The molecule has 0 aliphatic rings. The molecule has 30 heavy (non-hydrogen) atoms. The van der Waals surface area contributed by atoms with Gasteiger partial charge in [-0.2, -0.15) is 0 Å². The predicted octanol–water partition coefficient (Wildman–Crippen LogP) is 3.74. The monoisotopic (exact) mass is 410 g/mol. The van der Waals surface area contributed by atoms with E-state index < -0.39 is 11.6 Å². The van der Waals surface area contributed by atoms with E-state index in [4.69, 9.17) is 18.6 Å². The Morgan fingerprint density at radius 3 is 2.43 bits per heavy atom. The van der Waals surface area contributed by atoms with E-state index in [0.29, 0.717) is 33.6 Å². The van der Waals surface area contributed by atoms with Crippen molar-refractivity contribution in [1.82, 2.24) is 0 Å². The first-order valence-corrected chi connectivity index (χ1v) is 9.30. The summed E-state index contributed by atoms with van der Waals surface area (Å²) in [6, 6.07) is 9.69. The van der Waals surface area contributed by atoms with Gasteiger partial charge in [-0.3, -0.25) is 4.79 Å². The summed E-state index contributed by atoms with van der Waals surface area (Å²) in [6.07, 6.45) is 0. The highest BCUT2D eigenvalue weighted by molar-refractivity contribution is 5.94. The first-order chi connectivity index (χ1) is 14.3. The molecule has 7 nitrogen and oxygen atoms in total. The Labute approximate surface area is 173 Å². The summed E-state index contributed by atoms with van der Waals surface area (Å²) in [5, 5.41) is 0.716. The molecule has 0 bridgehead atoms. The van der Waals surface area contributed by atoms with Crippen molar-refractivity contribution >= 4 is 22.7 Å². The van der Waals surface area contributed by atoms with Crippen LogP contribution in [0.3, 0.4) is 0 Å². The molecule has 3 rings (SSSR count). The van der Waals surface area contributed by atoms with Gasteiger partial charge in [-0.1, -0.05) is 0 Å². The Morgan fingerprint density at radius 1 is 1.00 bits per heavy atom. The molecule has 0 fully saturated rings. The van der Waals surface area contributed by atoms with Crippen LogP contribution in [0.1, 0.15) is 34.0 Å². The minimum Gasteiger partial charge on any atom is -0.493 e. The number of hydrogen-bond acceptors (Lipinski definition) is 7. The number of aryl methyl sites for hydroxylation is 2. The zero-order valence-electron chi connectivity index (χ0n) is 17.2. The SMILES string of the molecule is COc1cc(C(C)=O)ccc1OCC(=O)OCc1cc(=O)oc2cc(C)c(C)cc12. The van der Waals surface area contributed by atoms with Crippen LogP contribution in [0.4, 0.5) is 0 Å². The summed E-state index contributed by atoms with van der Waals surface area (Å²) < 4.78 is 21.2. The number of hydrogen-bond donors (Lipinski definition) is 0. The molecule has 2 aromatic carbocycles. The number of carbonyl (C=O) groups is 2. The van der Waals surface area contributed by atoms with Crippen LogP contribution in [0.5, 0.6) is 11.5 Å². The Morgan fingerprint density at radius 2 is 1.73 bits per heavy atom. The molecule has 0 aliphatic carbocycles. The van der Waals surface area contributed by atoms with E-state index in [2.05, 4.69) is 0 Å². The summed E-state index contributed by atoms with van der Waals surface area (Å²) in [6.45, 7) is 4.88. The molecule has 0 amide bonds. The van der Waals surface area contributed by atoms with Crippen molar-refractivity contribution in [2.75, 3.05) is 13.7 Å². The summed E-state index contributed by atoms with van der Waals surface area (Å²) >= 11 is 0. The fourth-order valence-electron chi connectivity index (χ4n) is 2.94. The number of fused-ring (bicyclic) bond motifs is 1. The third-order valence-corrected chi connectivity index (χ3v) is 4.75. The Balaban J connectivity index is 1.69. The molecule has 0 unspecified atom stereocenters. The Kier molecular flexibility index (Phi) is 6.20. The van der Waals surface area contributed by atoms with Gasteiger partial charge in [0, 0.05) is 22.6 Å². The van der Waals surface area contributed by atoms with Gasteiger partial charge in [-0.25, -0.2) is 9.59 Å². The average Bonchev–Trinajstić information content (AvgIpc) is 2.71. The van der Waals surface area contributed by atoms with E-state index >= 15 is 0 Å². The van der Waals surface area contributed by atoms with E-state index in [1.165, 1.54) is 20.1 Å². The predicted molar refractivity (Wildman–Crippen MR) is 110 cm³/mol. The molecule has 7 heteroatoms. The van der Waals surface area contributed by atoms with Crippen molar-refractivity contribution in [1.29, 1.82) is 0 Å². The van der Waals surface area contributed by atoms with Crippen molar-refractivity contribution in [3.8, 4) is 11.5 Å². The molecule has 0 aliphatic heterocycles. The van der Waals surface area contributed by atoms with Crippen LogP contribution < -0.4 is 15.1 Å². The molecule has 0 atom stereocenters. The quantitative estimate of drug-likeness (QED) is 0.333. The second-order valence-electron chi connectivity index (χ2n) is 6.89. The highest BCUT2D eigenvalue weighted by atomic mass is 16.6. The van der Waals surface area contributed by atoms with Crippen molar-refractivity contribution in [2.24, 2.45) is 0 Å². The lowest BCUT2D eigenvalue weighted by atomic mass is 10.0. The fraction of sp³-hybridized carbons (Fsp3) is 0.261. The first-order valence-electron chi connectivity index (χ1n) is 9.30. The summed E-state index contributed by atoms with van der Waals surface area (Å²) in [5.74, 6) is -0.0634. The van der Waals surface area contributed by atoms with Gasteiger partial charge in [-0.05, 0) is 62.2 Å². The van der Waals surface area contributed by atoms with Crippen molar-refractivity contribution in [2.45, 2.75) is 27.4 Å². The molecule has 3 aromatic rings. The van der Waals surface area contributed by atoms with Gasteiger partial charge in [0.25, 0.3) is 0 Å². The smallest absolute Gasteiger partial charge is 0.344 e. The molecule has 0 radical (unpaired) electrons. The molecule has 156 valence electrons. The largest absolute Gasteiger partial charge is 0.493 e.